The molecular weight excluding hydrogens is 601 g/mol. The molecule has 3 N–H and O–H groups in total. The van der Waals surface area contributed by atoms with Gasteiger partial charge in [0, 0.05) is 49.8 Å². The molecule has 0 radical (unpaired) electrons. The van der Waals surface area contributed by atoms with Crippen LogP contribution in [0, 0.1) is 5.82 Å². The quantitative estimate of drug-likeness (QED) is 0.271. The van der Waals surface area contributed by atoms with Crippen molar-refractivity contribution in [1.82, 2.24) is 19.9 Å². The van der Waals surface area contributed by atoms with E-state index in [0.29, 0.717) is 50.8 Å². The molecule has 1 saturated carbocycles. The second-order valence-electron chi connectivity index (χ2n) is 13.7. The van der Waals surface area contributed by atoms with Gasteiger partial charge in [-0.1, -0.05) is 6.07 Å². The normalized spacial score (nSPS) is 21.4. The standard InChI is InChI=1S/C35H46FN7O4/c1-34(2,3)47-27-19-25(8-14-37)43(22-27)33-39-20-24(21-40-33)23-9-15-38-30(18-23)41-28-6-5-7-29(31(28)36)46-26-10-16-42(17-11-26)35(12-13-35)32(44)45-4/h5-7,9,15,18,20-21,25-27H,8,10-14,16-17,19,22,37H2,1-4H3,(H,38,41). The highest BCUT2D eigenvalue weighted by molar-refractivity contribution is 5.84. The average Bonchev–Trinajstić information content (AvgIpc) is 3.78. The molecule has 6 rings (SSSR count). The molecule has 2 aromatic heterocycles. The van der Waals surface area contributed by atoms with Gasteiger partial charge in [0.05, 0.1) is 24.5 Å². The number of carbonyl (C=O) groups excluding carboxylic acids is 1. The third-order valence-electron chi connectivity index (χ3n) is 9.24. The molecule has 0 bridgehead atoms. The van der Waals surface area contributed by atoms with Gasteiger partial charge < -0.3 is 30.2 Å². The number of hydrogen-bond acceptors (Lipinski definition) is 11. The van der Waals surface area contributed by atoms with Crippen LogP contribution in [-0.4, -0.2) is 88.5 Å². The van der Waals surface area contributed by atoms with Crippen LogP contribution in [0.1, 0.15) is 59.3 Å². The summed E-state index contributed by atoms with van der Waals surface area (Å²) in [5, 5.41) is 3.11. The van der Waals surface area contributed by atoms with E-state index in [0.717, 1.165) is 36.8 Å². The van der Waals surface area contributed by atoms with Gasteiger partial charge in [-0.25, -0.2) is 19.3 Å². The zero-order chi connectivity index (χ0) is 33.2. The molecule has 4 heterocycles. The number of nitrogens with two attached hydrogens (primary N) is 1. The van der Waals surface area contributed by atoms with Crippen molar-refractivity contribution in [2.24, 2.45) is 5.73 Å². The maximum atomic E-state index is 15.6. The summed E-state index contributed by atoms with van der Waals surface area (Å²) in [6.45, 7) is 8.92. The summed E-state index contributed by atoms with van der Waals surface area (Å²) in [6, 6.07) is 9.00. The Morgan fingerprint density at radius 3 is 2.49 bits per heavy atom. The monoisotopic (exact) mass is 647 g/mol. The summed E-state index contributed by atoms with van der Waals surface area (Å²) in [6.07, 6.45) is 10.0. The van der Waals surface area contributed by atoms with Crippen LogP contribution in [0.2, 0.25) is 0 Å². The summed E-state index contributed by atoms with van der Waals surface area (Å²) in [5.41, 5.74) is 7.15. The molecule has 1 aliphatic carbocycles. The number of likely N-dealkylation sites (tertiary alicyclic amines) is 1. The first-order chi connectivity index (χ1) is 22.6. The number of ether oxygens (including phenoxy) is 3. The van der Waals surface area contributed by atoms with E-state index in [1.165, 1.54) is 7.11 Å². The maximum Gasteiger partial charge on any atom is 0.326 e. The highest BCUT2D eigenvalue weighted by atomic mass is 19.1. The summed E-state index contributed by atoms with van der Waals surface area (Å²) in [4.78, 5) is 30.5. The highest BCUT2D eigenvalue weighted by Gasteiger charge is 2.56. The number of halogens is 1. The van der Waals surface area contributed by atoms with Gasteiger partial charge in [0.2, 0.25) is 5.95 Å². The van der Waals surface area contributed by atoms with Crippen molar-refractivity contribution in [1.29, 1.82) is 0 Å². The molecular formula is C35H46FN7O4. The predicted octanol–water partition coefficient (Wildman–Crippen LogP) is 5.08. The van der Waals surface area contributed by atoms with Crippen molar-refractivity contribution in [2.75, 3.05) is 43.5 Å². The van der Waals surface area contributed by atoms with Gasteiger partial charge in [-0.3, -0.25) is 9.69 Å². The molecule has 3 aliphatic rings. The van der Waals surface area contributed by atoms with E-state index >= 15 is 4.39 Å². The number of piperidine rings is 1. The SMILES string of the molecule is COC(=O)C1(N2CCC(Oc3cccc(Nc4cc(-c5cnc(N6CC(OC(C)(C)C)CC6CCN)nc5)ccn4)c3F)CC2)CC1. The molecule has 2 unspecified atom stereocenters. The molecule has 252 valence electrons. The van der Waals surface area contributed by atoms with Gasteiger partial charge in [-0.15, -0.1) is 0 Å². The van der Waals surface area contributed by atoms with Crippen LogP contribution in [0.15, 0.2) is 48.9 Å². The Labute approximate surface area is 276 Å². The fourth-order valence-electron chi connectivity index (χ4n) is 6.84. The lowest BCUT2D eigenvalue weighted by atomic mass is 10.0. The minimum atomic E-state index is -0.477. The first kappa shape index (κ1) is 33.0. The van der Waals surface area contributed by atoms with Crippen molar-refractivity contribution in [3.05, 3.63) is 54.7 Å². The Bertz CT molecular complexity index is 1540. The van der Waals surface area contributed by atoms with Crippen LogP contribution in [0.3, 0.4) is 0 Å². The van der Waals surface area contributed by atoms with E-state index in [4.69, 9.17) is 29.9 Å². The third kappa shape index (κ3) is 7.50. The van der Waals surface area contributed by atoms with Crippen molar-refractivity contribution < 1.29 is 23.4 Å². The number of nitrogens with zero attached hydrogens (tertiary/aromatic N) is 5. The van der Waals surface area contributed by atoms with E-state index in [-0.39, 0.29) is 41.3 Å². The molecule has 2 aliphatic heterocycles. The molecule has 0 spiro atoms. The van der Waals surface area contributed by atoms with E-state index in [2.05, 4.69) is 40.9 Å². The zero-order valence-corrected chi connectivity index (χ0v) is 27.7. The van der Waals surface area contributed by atoms with Crippen molar-refractivity contribution >= 4 is 23.4 Å². The van der Waals surface area contributed by atoms with E-state index in [1.807, 2.05) is 12.1 Å². The number of anilines is 3. The second kappa shape index (κ2) is 13.7. The van der Waals surface area contributed by atoms with Crippen LogP contribution in [0.25, 0.3) is 11.1 Å². The number of carbonyl (C=O) groups is 1. The molecule has 11 nitrogen and oxygen atoms in total. The van der Waals surface area contributed by atoms with Crippen molar-refractivity contribution in [3.63, 3.8) is 0 Å². The van der Waals surface area contributed by atoms with E-state index in [1.54, 1.807) is 36.8 Å². The van der Waals surface area contributed by atoms with Crippen LogP contribution in [0.5, 0.6) is 5.75 Å². The smallest absolute Gasteiger partial charge is 0.326 e. The molecule has 0 amide bonds. The summed E-state index contributed by atoms with van der Waals surface area (Å²) >= 11 is 0. The summed E-state index contributed by atoms with van der Waals surface area (Å²) < 4.78 is 33.0. The second-order valence-corrected chi connectivity index (χ2v) is 13.7. The average molecular weight is 648 g/mol. The van der Waals surface area contributed by atoms with Gasteiger partial charge in [-0.05, 0) is 95.7 Å². The van der Waals surface area contributed by atoms with Gasteiger partial charge >= 0.3 is 5.97 Å². The Kier molecular flexibility index (Phi) is 9.63. The van der Waals surface area contributed by atoms with E-state index < -0.39 is 11.4 Å². The number of esters is 1. The predicted molar refractivity (Wildman–Crippen MR) is 178 cm³/mol. The van der Waals surface area contributed by atoms with Crippen LogP contribution < -0.4 is 20.7 Å². The fraction of sp³-hybridized carbons (Fsp3) is 0.543. The molecule has 3 fully saturated rings. The Hall–Kier alpha value is -3.87. The van der Waals surface area contributed by atoms with Gasteiger partial charge in [-0.2, -0.15) is 0 Å². The first-order valence-electron chi connectivity index (χ1n) is 16.6. The van der Waals surface area contributed by atoms with Crippen LogP contribution in [-0.2, 0) is 14.3 Å². The fourth-order valence-corrected chi connectivity index (χ4v) is 6.84. The topological polar surface area (TPSA) is 128 Å². The molecule has 47 heavy (non-hydrogen) atoms. The Morgan fingerprint density at radius 2 is 1.83 bits per heavy atom. The van der Waals surface area contributed by atoms with Gasteiger partial charge in [0.15, 0.2) is 11.6 Å². The van der Waals surface area contributed by atoms with Gasteiger partial charge in [0.25, 0.3) is 0 Å². The number of aromatic nitrogens is 3. The van der Waals surface area contributed by atoms with Crippen molar-refractivity contribution in [2.45, 2.75) is 88.7 Å². The number of nitrogens with one attached hydrogen (secondary N) is 1. The van der Waals surface area contributed by atoms with Gasteiger partial charge in [0.1, 0.15) is 17.5 Å². The third-order valence-corrected chi connectivity index (χ3v) is 9.24. The lowest BCUT2D eigenvalue weighted by Gasteiger charge is -2.36. The van der Waals surface area contributed by atoms with E-state index in [9.17, 15) is 4.79 Å². The highest BCUT2D eigenvalue weighted by Crippen LogP contribution is 2.44. The minimum Gasteiger partial charge on any atom is -0.487 e. The molecule has 3 aromatic rings. The molecule has 2 atom stereocenters. The number of methoxy groups -OCH3 is 1. The lowest BCUT2D eigenvalue weighted by Crippen LogP contribution is -2.49. The summed E-state index contributed by atoms with van der Waals surface area (Å²) in [5.74, 6) is 0.683. The number of benzene rings is 1. The Morgan fingerprint density at radius 1 is 1.09 bits per heavy atom. The molecule has 1 aromatic carbocycles. The summed E-state index contributed by atoms with van der Waals surface area (Å²) in [7, 11) is 1.44. The number of pyridine rings is 1. The number of rotatable bonds is 11. The maximum absolute atomic E-state index is 15.6. The molecule has 2 saturated heterocycles. The zero-order valence-electron chi connectivity index (χ0n) is 27.7. The van der Waals surface area contributed by atoms with Crippen LogP contribution in [0.4, 0.5) is 21.8 Å². The lowest BCUT2D eigenvalue weighted by molar-refractivity contribution is -0.149. The molecule has 12 heteroatoms. The number of hydrogen-bond donors (Lipinski definition) is 2. The first-order valence-corrected chi connectivity index (χ1v) is 16.6. The van der Waals surface area contributed by atoms with Crippen molar-refractivity contribution in [3.8, 4) is 16.9 Å². The van der Waals surface area contributed by atoms with Crippen LogP contribution >= 0.6 is 0 Å². The minimum absolute atomic E-state index is 0.0916. The largest absolute Gasteiger partial charge is 0.487 e. The Balaban J connectivity index is 1.09.